The van der Waals surface area contributed by atoms with Crippen LogP contribution in [0, 0.1) is 30.0 Å². The average molecular weight is 270 g/mol. The van der Waals surface area contributed by atoms with Crippen molar-refractivity contribution in [3.05, 3.63) is 46.9 Å². The molecular weight excluding hydrogens is 259 g/mol. The lowest BCUT2D eigenvalue weighted by Crippen LogP contribution is -2.33. The molecule has 2 aromatic rings. The molecule has 2 heterocycles. The minimum absolute atomic E-state index is 0.355. The number of halogens is 1. The van der Waals surface area contributed by atoms with E-state index in [9.17, 15) is 14.4 Å². The van der Waals surface area contributed by atoms with Crippen LogP contribution < -0.4 is 5.32 Å². The number of nitrogens with zero attached hydrogens (tertiary/aromatic N) is 2. The molecule has 6 heteroatoms. The zero-order valence-electron chi connectivity index (χ0n) is 10.6. The van der Waals surface area contributed by atoms with Crippen LogP contribution >= 0.6 is 0 Å². The number of aromatic amines is 1. The molecule has 1 aromatic carbocycles. The average Bonchev–Trinajstić information content (AvgIpc) is 2.79. The summed E-state index contributed by atoms with van der Waals surface area (Å²) < 4.78 is 13.1. The van der Waals surface area contributed by atoms with Crippen LogP contribution in [0.5, 0.6) is 0 Å². The molecule has 1 amide bonds. The number of hydrogen-bond acceptors (Lipinski definition) is 3. The van der Waals surface area contributed by atoms with Crippen molar-refractivity contribution in [2.75, 3.05) is 5.32 Å². The zero-order valence-corrected chi connectivity index (χ0v) is 10.6. The molecule has 2 atom stereocenters. The van der Waals surface area contributed by atoms with Crippen molar-refractivity contribution in [2.24, 2.45) is 5.92 Å². The summed E-state index contributed by atoms with van der Waals surface area (Å²) in [5.74, 6) is -1.60. The van der Waals surface area contributed by atoms with Gasteiger partial charge < -0.3 is 5.32 Å². The van der Waals surface area contributed by atoms with E-state index in [4.69, 9.17) is 0 Å². The van der Waals surface area contributed by atoms with E-state index >= 15 is 0 Å². The van der Waals surface area contributed by atoms with Crippen molar-refractivity contribution >= 4 is 11.7 Å². The molecule has 0 saturated heterocycles. The highest BCUT2D eigenvalue weighted by molar-refractivity contribution is 5.98. The maximum atomic E-state index is 13.1. The number of amides is 1. The van der Waals surface area contributed by atoms with Gasteiger partial charge in [-0.2, -0.15) is 10.4 Å². The van der Waals surface area contributed by atoms with Crippen molar-refractivity contribution in [3.8, 4) is 6.07 Å². The van der Waals surface area contributed by atoms with Gasteiger partial charge in [-0.05, 0) is 24.6 Å². The highest BCUT2D eigenvalue weighted by Crippen LogP contribution is 2.41. The molecule has 0 aliphatic carbocycles. The normalized spacial score (nSPS) is 20.9. The number of nitrogens with one attached hydrogen (secondary N) is 2. The number of fused-ring (bicyclic) bond motifs is 1. The van der Waals surface area contributed by atoms with Gasteiger partial charge in [0.2, 0.25) is 5.91 Å². The number of aryl methyl sites for hydroxylation is 1. The highest BCUT2D eigenvalue weighted by Gasteiger charge is 2.39. The second-order valence-electron chi connectivity index (χ2n) is 4.74. The molecule has 2 N–H and O–H groups in total. The Kier molecular flexibility index (Phi) is 2.75. The van der Waals surface area contributed by atoms with Crippen LogP contribution in [0.1, 0.15) is 22.7 Å². The molecule has 100 valence electrons. The largest absolute Gasteiger partial charge is 0.308 e. The molecule has 20 heavy (non-hydrogen) atoms. The van der Waals surface area contributed by atoms with Gasteiger partial charge in [0.15, 0.2) is 5.82 Å². The number of carbonyl (C=O) groups is 1. The number of aromatic nitrogens is 2. The third kappa shape index (κ3) is 1.75. The Morgan fingerprint density at radius 2 is 2.05 bits per heavy atom. The molecule has 0 radical (unpaired) electrons. The van der Waals surface area contributed by atoms with Gasteiger partial charge in [0.05, 0.1) is 6.07 Å². The lowest BCUT2D eigenvalue weighted by atomic mass is 9.78. The van der Waals surface area contributed by atoms with Crippen molar-refractivity contribution in [1.82, 2.24) is 10.2 Å². The topological polar surface area (TPSA) is 81.6 Å². The molecule has 1 aliphatic heterocycles. The van der Waals surface area contributed by atoms with Crippen LogP contribution in [-0.2, 0) is 4.79 Å². The molecule has 0 unspecified atom stereocenters. The minimum Gasteiger partial charge on any atom is -0.308 e. The van der Waals surface area contributed by atoms with Gasteiger partial charge in [0.1, 0.15) is 11.7 Å². The van der Waals surface area contributed by atoms with E-state index in [0.717, 1.165) is 16.8 Å². The summed E-state index contributed by atoms with van der Waals surface area (Å²) in [4.78, 5) is 12.0. The number of anilines is 1. The predicted octanol–water partition coefficient (Wildman–Crippen LogP) is 2.08. The van der Waals surface area contributed by atoms with E-state index < -0.39 is 11.8 Å². The summed E-state index contributed by atoms with van der Waals surface area (Å²) in [6, 6.07) is 7.87. The van der Waals surface area contributed by atoms with E-state index in [-0.39, 0.29) is 11.7 Å². The third-order valence-electron chi connectivity index (χ3n) is 3.53. The summed E-state index contributed by atoms with van der Waals surface area (Å²) in [6.45, 7) is 1.83. The van der Waals surface area contributed by atoms with Gasteiger partial charge in [0, 0.05) is 17.2 Å². The molecule has 5 nitrogen and oxygen atoms in total. The van der Waals surface area contributed by atoms with Crippen LogP contribution in [0.25, 0.3) is 0 Å². The van der Waals surface area contributed by atoms with Crippen LogP contribution in [0.4, 0.5) is 10.2 Å². The summed E-state index contributed by atoms with van der Waals surface area (Å²) >= 11 is 0. The first kappa shape index (κ1) is 12.4. The smallest absolute Gasteiger partial charge is 0.243 e. The highest BCUT2D eigenvalue weighted by atomic mass is 19.1. The van der Waals surface area contributed by atoms with E-state index in [1.165, 1.54) is 12.1 Å². The molecule has 1 aromatic heterocycles. The maximum absolute atomic E-state index is 13.1. The first-order valence-corrected chi connectivity index (χ1v) is 6.12. The van der Waals surface area contributed by atoms with Crippen molar-refractivity contribution in [3.63, 3.8) is 0 Å². The van der Waals surface area contributed by atoms with E-state index in [0.29, 0.717) is 5.82 Å². The summed E-state index contributed by atoms with van der Waals surface area (Å²) in [5, 5.41) is 18.7. The second-order valence-corrected chi connectivity index (χ2v) is 4.74. The number of rotatable bonds is 1. The van der Waals surface area contributed by atoms with E-state index in [2.05, 4.69) is 15.5 Å². The van der Waals surface area contributed by atoms with Crippen LogP contribution in [-0.4, -0.2) is 16.1 Å². The van der Waals surface area contributed by atoms with Gasteiger partial charge in [-0.1, -0.05) is 12.1 Å². The number of H-pyrrole nitrogens is 1. The Hall–Kier alpha value is -2.68. The number of hydrogen-bond donors (Lipinski definition) is 2. The van der Waals surface area contributed by atoms with Gasteiger partial charge in [-0.25, -0.2) is 4.39 Å². The second kappa shape index (κ2) is 4.46. The third-order valence-corrected chi connectivity index (χ3v) is 3.53. The fourth-order valence-corrected chi connectivity index (χ4v) is 2.59. The standard InChI is InChI=1S/C14H11FN4O/c1-7-11-12(8-2-4-9(15)5-3-8)10(6-16)14(20)17-13(11)19-18-7/h2-5,10,12H,1H3,(H2,17,18,19,20)/t10-,12+/m0/s1. The maximum Gasteiger partial charge on any atom is 0.243 e. The molecular formula is C14H11FN4O. The first-order chi connectivity index (χ1) is 9.61. The molecule has 0 fully saturated rings. The Balaban J connectivity index is 2.19. The van der Waals surface area contributed by atoms with Crippen molar-refractivity contribution in [2.45, 2.75) is 12.8 Å². The van der Waals surface area contributed by atoms with Crippen LogP contribution in [0.15, 0.2) is 24.3 Å². The first-order valence-electron chi connectivity index (χ1n) is 6.12. The fraction of sp³-hybridized carbons (Fsp3) is 0.214. The van der Waals surface area contributed by atoms with Crippen molar-refractivity contribution in [1.29, 1.82) is 5.26 Å². The van der Waals surface area contributed by atoms with Crippen LogP contribution in [0.2, 0.25) is 0 Å². The Morgan fingerprint density at radius 1 is 1.35 bits per heavy atom. The minimum atomic E-state index is -0.857. The number of nitriles is 1. The van der Waals surface area contributed by atoms with Gasteiger partial charge in [-0.15, -0.1) is 0 Å². The van der Waals surface area contributed by atoms with Gasteiger partial charge in [-0.3, -0.25) is 9.89 Å². The van der Waals surface area contributed by atoms with E-state index in [1.807, 2.05) is 13.0 Å². The SMILES string of the molecule is Cc1[nH]nc2c1[C@H](c1ccc(F)cc1)[C@H](C#N)C(=O)N2. The lowest BCUT2D eigenvalue weighted by Gasteiger charge is -2.27. The fourth-order valence-electron chi connectivity index (χ4n) is 2.59. The van der Waals surface area contributed by atoms with Gasteiger partial charge in [0.25, 0.3) is 0 Å². The molecule has 1 aliphatic rings. The summed E-state index contributed by atoms with van der Waals surface area (Å²) in [5.41, 5.74) is 2.29. The summed E-state index contributed by atoms with van der Waals surface area (Å²) in [7, 11) is 0. The van der Waals surface area contributed by atoms with Crippen LogP contribution in [0.3, 0.4) is 0 Å². The number of carbonyl (C=O) groups excluding carboxylic acids is 1. The molecule has 0 spiro atoms. The number of benzene rings is 1. The monoisotopic (exact) mass is 270 g/mol. The lowest BCUT2D eigenvalue weighted by molar-refractivity contribution is -0.119. The quantitative estimate of drug-likeness (QED) is 0.832. The molecule has 3 rings (SSSR count). The Labute approximate surface area is 114 Å². The van der Waals surface area contributed by atoms with E-state index in [1.54, 1.807) is 12.1 Å². The molecule has 0 bridgehead atoms. The summed E-state index contributed by atoms with van der Waals surface area (Å²) in [6.07, 6.45) is 0. The van der Waals surface area contributed by atoms with Gasteiger partial charge >= 0.3 is 0 Å². The zero-order chi connectivity index (χ0) is 14.3. The van der Waals surface area contributed by atoms with Crippen molar-refractivity contribution < 1.29 is 9.18 Å². The molecule has 0 saturated carbocycles. The Bertz CT molecular complexity index is 714. The predicted molar refractivity (Wildman–Crippen MR) is 69.3 cm³/mol. The Morgan fingerprint density at radius 3 is 2.70 bits per heavy atom.